The average molecular weight is 322 g/mol. The zero-order chi connectivity index (χ0) is 17.0. The van der Waals surface area contributed by atoms with Crippen LogP contribution in [0.2, 0.25) is 0 Å². The topological polar surface area (TPSA) is 62.2 Å². The second-order valence-electron chi connectivity index (χ2n) is 5.83. The molecule has 6 nitrogen and oxygen atoms in total. The highest BCUT2D eigenvalue weighted by atomic mass is 16.5. The summed E-state index contributed by atoms with van der Waals surface area (Å²) >= 11 is 0. The zero-order valence-electron chi connectivity index (χ0n) is 14.3. The van der Waals surface area contributed by atoms with Crippen molar-refractivity contribution in [3.8, 4) is 11.5 Å². The highest BCUT2D eigenvalue weighted by Gasteiger charge is 2.35. The first-order valence-electron chi connectivity index (χ1n) is 7.94. The Morgan fingerprint density at radius 1 is 1.35 bits per heavy atom. The van der Waals surface area contributed by atoms with Gasteiger partial charge in [0.15, 0.2) is 0 Å². The van der Waals surface area contributed by atoms with Crippen LogP contribution in [0, 0.1) is 0 Å². The number of aliphatic carboxylic acids is 1. The van der Waals surface area contributed by atoms with Gasteiger partial charge in [-0.15, -0.1) is 0 Å². The van der Waals surface area contributed by atoms with Gasteiger partial charge in [-0.3, -0.25) is 9.69 Å². The fourth-order valence-corrected chi connectivity index (χ4v) is 3.22. The lowest BCUT2D eigenvalue weighted by molar-refractivity contribution is -0.145. The highest BCUT2D eigenvalue weighted by molar-refractivity contribution is 5.77. The van der Waals surface area contributed by atoms with Crippen molar-refractivity contribution >= 4 is 5.97 Å². The van der Waals surface area contributed by atoms with Crippen LogP contribution in [0.1, 0.15) is 25.5 Å². The van der Waals surface area contributed by atoms with Crippen molar-refractivity contribution in [1.82, 2.24) is 9.80 Å². The summed E-state index contributed by atoms with van der Waals surface area (Å²) in [5.74, 6) is 0.339. The third-order valence-electron chi connectivity index (χ3n) is 4.51. The molecule has 2 unspecified atom stereocenters. The van der Waals surface area contributed by atoms with Crippen LogP contribution in [0.3, 0.4) is 0 Å². The van der Waals surface area contributed by atoms with E-state index in [2.05, 4.69) is 18.7 Å². The van der Waals surface area contributed by atoms with Gasteiger partial charge < -0.3 is 19.5 Å². The molecule has 6 heteroatoms. The quantitative estimate of drug-likeness (QED) is 0.862. The van der Waals surface area contributed by atoms with E-state index in [4.69, 9.17) is 9.47 Å². The first kappa shape index (κ1) is 17.6. The maximum Gasteiger partial charge on any atom is 0.325 e. The molecular formula is C17H26N2O4. The molecule has 1 aliphatic heterocycles. The van der Waals surface area contributed by atoms with Gasteiger partial charge in [-0.05, 0) is 25.6 Å². The minimum absolute atomic E-state index is 0.164. The van der Waals surface area contributed by atoms with Crippen LogP contribution >= 0.6 is 0 Å². The number of carboxylic acid groups (broad SMARTS) is 1. The van der Waals surface area contributed by atoms with Crippen molar-refractivity contribution in [3.05, 3.63) is 23.8 Å². The van der Waals surface area contributed by atoms with Gasteiger partial charge in [0.1, 0.15) is 17.5 Å². The van der Waals surface area contributed by atoms with E-state index in [1.165, 1.54) is 0 Å². The summed E-state index contributed by atoms with van der Waals surface area (Å²) in [6.45, 7) is 7.67. The number of carboxylic acids is 1. The standard InChI is InChI=1S/C17H26N2O4/c1-5-18-8-9-19(12(2)11-18)16(17(20)21)14-7-6-13(22-3)10-15(14)23-4/h6-7,10,12,16H,5,8-9,11H2,1-4H3,(H,20,21). The number of piperazine rings is 1. The van der Waals surface area contributed by atoms with Crippen molar-refractivity contribution in [2.45, 2.75) is 25.9 Å². The SMILES string of the molecule is CCN1CCN(C(C(=O)O)c2ccc(OC)cc2OC)C(C)C1. The van der Waals surface area contributed by atoms with E-state index >= 15 is 0 Å². The summed E-state index contributed by atoms with van der Waals surface area (Å²) < 4.78 is 10.6. The number of methoxy groups -OCH3 is 2. The Morgan fingerprint density at radius 3 is 2.61 bits per heavy atom. The predicted octanol–water partition coefficient (Wildman–Crippen LogP) is 1.86. The lowest BCUT2D eigenvalue weighted by Gasteiger charge is -2.42. The van der Waals surface area contributed by atoms with Gasteiger partial charge >= 0.3 is 5.97 Å². The van der Waals surface area contributed by atoms with Crippen LogP contribution in [-0.4, -0.2) is 67.3 Å². The first-order valence-corrected chi connectivity index (χ1v) is 7.94. The molecule has 0 aliphatic carbocycles. The molecule has 0 radical (unpaired) electrons. The molecule has 1 saturated heterocycles. The van der Waals surface area contributed by atoms with E-state index in [0.717, 1.165) is 26.2 Å². The van der Waals surface area contributed by atoms with Crippen molar-refractivity contribution in [2.24, 2.45) is 0 Å². The number of hydrogen-bond donors (Lipinski definition) is 1. The van der Waals surface area contributed by atoms with Crippen molar-refractivity contribution in [3.63, 3.8) is 0 Å². The molecule has 0 saturated carbocycles. The number of hydrogen-bond acceptors (Lipinski definition) is 5. The molecule has 0 bridgehead atoms. The Kier molecular flexibility index (Phi) is 5.85. The molecule has 1 heterocycles. The number of benzene rings is 1. The Bertz CT molecular complexity index is 549. The molecule has 0 amide bonds. The third kappa shape index (κ3) is 3.76. The molecule has 128 valence electrons. The van der Waals surface area contributed by atoms with E-state index < -0.39 is 12.0 Å². The summed E-state index contributed by atoms with van der Waals surface area (Å²) in [5.41, 5.74) is 0.664. The van der Waals surface area contributed by atoms with Crippen LogP contribution in [0.4, 0.5) is 0 Å². The molecule has 2 rings (SSSR count). The predicted molar refractivity (Wildman–Crippen MR) is 88.2 cm³/mol. The van der Waals surface area contributed by atoms with Crippen LogP contribution in [-0.2, 0) is 4.79 Å². The van der Waals surface area contributed by atoms with Gasteiger partial charge in [0, 0.05) is 37.3 Å². The lowest BCUT2D eigenvalue weighted by Crippen LogP contribution is -2.54. The summed E-state index contributed by atoms with van der Waals surface area (Å²) in [4.78, 5) is 16.4. The maximum absolute atomic E-state index is 12.0. The van der Waals surface area contributed by atoms with E-state index in [-0.39, 0.29) is 6.04 Å². The fourth-order valence-electron chi connectivity index (χ4n) is 3.22. The van der Waals surface area contributed by atoms with Gasteiger partial charge in [0.25, 0.3) is 0 Å². The average Bonchev–Trinajstić information content (AvgIpc) is 2.56. The second kappa shape index (κ2) is 7.66. The number of ether oxygens (including phenoxy) is 2. The second-order valence-corrected chi connectivity index (χ2v) is 5.83. The summed E-state index contributed by atoms with van der Waals surface area (Å²) in [5, 5.41) is 9.82. The molecule has 1 fully saturated rings. The molecule has 1 aromatic carbocycles. The molecule has 23 heavy (non-hydrogen) atoms. The molecule has 1 N–H and O–H groups in total. The van der Waals surface area contributed by atoms with Crippen molar-refractivity contribution in [2.75, 3.05) is 40.4 Å². The number of carbonyl (C=O) groups is 1. The smallest absolute Gasteiger partial charge is 0.325 e. The van der Waals surface area contributed by atoms with Crippen molar-refractivity contribution in [1.29, 1.82) is 0 Å². The minimum Gasteiger partial charge on any atom is -0.497 e. The van der Waals surface area contributed by atoms with E-state index in [1.807, 2.05) is 4.90 Å². The Morgan fingerprint density at radius 2 is 2.09 bits per heavy atom. The van der Waals surface area contributed by atoms with Gasteiger partial charge in [-0.1, -0.05) is 6.92 Å². The van der Waals surface area contributed by atoms with Gasteiger partial charge in [0.05, 0.1) is 14.2 Å². The Labute approximate surface area is 137 Å². The van der Waals surface area contributed by atoms with Gasteiger partial charge in [0.2, 0.25) is 0 Å². The van der Waals surface area contributed by atoms with Crippen LogP contribution < -0.4 is 9.47 Å². The van der Waals surface area contributed by atoms with Crippen LogP contribution in [0.25, 0.3) is 0 Å². The van der Waals surface area contributed by atoms with Crippen molar-refractivity contribution < 1.29 is 19.4 Å². The van der Waals surface area contributed by atoms with Crippen LogP contribution in [0.5, 0.6) is 11.5 Å². The lowest BCUT2D eigenvalue weighted by atomic mass is 10.0. The monoisotopic (exact) mass is 322 g/mol. The number of likely N-dealkylation sites (N-methyl/N-ethyl adjacent to an activating group) is 1. The molecule has 0 spiro atoms. The minimum atomic E-state index is -0.856. The maximum atomic E-state index is 12.0. The van der Waals surface area contributed by atoms with Crippen LogP contribution in [0.15, 0.2) is 18.2 Å². The summed E-state index contributed by atoms with van der Waals surface area (Å²) in [7, 11) is 3.13. The Hall–Kier alpha value is -1.79. The molecule has 1 aliphatic rings. The first-order chi connectivity index (χ1) is 11.0. The van der Waals surface area contributed by atoms with E-state index in [9.17, 15) is 9.90 Å². The summed E-state index contributed by atoms with van der Waals surface area (Å²) in [6, 6.07) is 4.75. The Balaban J connectivity index is 2.34. The molecule has 1 aromatic rings. The molecular weight excluding hydrogens is 296 g/mol. The third-order valence-corrected chi connectivity index (χ3v) is 4.51. The highest BCUT2D eigenvalue weighted by Crippen LogP contribution is 2.34. The molecule has 0 aromatic heterocycles. The van der Waals surface area contributed by atoms with Gasteiger partial charge in [-0.2, -0.15) is 0 Å². The van der Waals surface area contributed by atoms with Gasteiger partial charge in [-0.25, -0.2) is 0 Å². The zero-order valence-corrected chi connectivity index (χ0v) is 14.3. The van der Waals surface area contributed by atoms with E-state index in [0.29, 0.717) is 17.1 Å². The molecule has 2 atom stereocenters. The number of nitrogens with zero attached hydrogens (tertiary/aromatic N) is 2. The normalized spacial score (nSPS) is 21.0. The summed E-state index contributed by atoms with van der Waals surface area (Å²) in [6.07, 6.45) is 0. The number of rotatable bonds is 6. The largest absolute Gasteiger partial charge is 0.497 e. The fraction of sp³-hybridized carbons (Fsp3) is 0.588. The van der Waals surface area contributed by atoms with E-state index in [1.54, 1.807) is 32.4 Å².